The van der Waals surface area contributed by atoms with Crippen molar-refractivity contribution in [3.8, 4) is 0 Å². The lowest BCUT2D eigenvalue weighted by Gasteiger charge is -2.50. The molecule has 5 atom stereocenters. The summed E-state index contributed by atoms with van der Waals surface area (Å²) in [5.41, 5.74) is -0.186. The SMILES string of the molecule is CCCCN(CCCC)C(=O)CC(C(=O)N(CCCC)CCCC)C1(C)C(C)C2(C)C=CC1(C)C2. The van der Waals surface area contributed by atoms with E-state index in [-0.39, 0.29) is 34.0 Å². The molecule has 1 saturated carbocycles. The molecular weight excluding hydrogens is 432 g/mol. The van der Waals surface area contributed by atoms with E-state index >= 15 is 0 Å². The third kappa shape index (κ3) is 6.16. The van der Waals surface area contributed by atoms with Gasteiger partial charge in [-0.05, 0) is 54.3 Å². The largest absolute Gasteiger partial charge is 0.343 e. The molecule has 4 heteroatoms. The number of amides is 2. The van der Waals surface area contributed by atoms with E-state index in [0.717, 1.165) is 84.0 Å². The van der Waals surface area contributed by atoms with Crippen LogP contribution in [0.25, 0.3) is 0 Å². The van der Waals surface area contributed by atoms with Crippen LogP contribution in [0.2, 0.25) is 0 Å². The van der Waals surface area contributed by atoms with Crippen molar-refractivity contribution in [2.45, 2.75) is 120 Å². The van der Waals surface area contributed by atoms with Crippen LogP contribution in [0.3, 0.4) is 0 Å². The predicted octanol–water partition coefficient (Wildman–Crippen LogP) is 7.48. The molecule has 0 spiro atoms. The normalized spacial score (nSPS) is 30.0. The van der Waals surface area contributed by atoms with E-state index in [0.29, 0.717) is 12.3 Å². The average molecular weight is 489 g/mol. The lowest BCUT2D eigenvalue weighted by Crippen LogP contribution is -2.53. The van der Waals surface area contributed by atoms with Crippen molar-refractivity contribution in [1.82, 2.24) is 9.80 Å². The molecule has 0 aromatic heterocycles. The van der Waals surface area contributed by atoms with E-state index in [1.807, 2.05) is 0 Å². The summed E-state index contributed by atoms with van der Waals surface area (Å²) in [5.74, 6) is 0.489. The van der Waals surface area contributed by atoms with Crippen molar-refractivity contribution in [1.29, 1.82) is 0 Å². The molecule has 0 N–H and O–H groups in total. The Morgan fingerprint density at radius 3 is 1.66 bits per heavy atom. The molecule has 0 saturated heterocycles. The molecule has 35 heavy (non-hydrogen) atoms. The summed E-state index contributed by atoms with van der Waals surface area (Å²) in [5, 5.41) is 0. The van der Waals surface area contributed by atoms with E-state index in [1.54, 1.807) is 0 Å². The van der Waals surface area contributed by atoms with Gasteiger partial charge in [-0.1, -0.05) is 93.2 Å². The Kier molecular flexibility index (Phi) is 10.9. The highest BCUT2D eigenvalue weighted by molar-refractivity contribution is 5.87. The molecule has 0 aliphatic heterocycles. The monoisotopic (exact) mass is 488 g/mol. The summed E-state index contributed by atoms with van der Waals surface area (Å²) in [7, 11) is 0. The topological polar surface area (TPSA) is 40.6 Å². The lowest BCUT2D eigenvalue weighted by atomic mass is 9.54. The smallest absolute Gasteiger partial charge is 0.226 e. The van der Waals surface area contributed by atoms with Crippen LogP contribution in [0, 0.1) is 28.1 Å². The maximum atomic E-state index is 14.4. The molecule has 2 amide bonds. The zero-order valence-corrected chi connectivity index (χ0v) is 24.4. The van der Waals surface area contributed by atoms with Crippen molar-refractivity contribution in [2.75, 3.05) is 26.2 Å². The minimum atomic E-state index is -0.277. The van der Waals surface area contributed by atoms with Gasteiger partial charge in [0.15, 0.2) is 0 Å². The summed E-state index contributed by atoms with van der Waals surface area (Å²) < 4.78 is 0. The second-order valence-electron chi connectivity index (χ2n) is 12.3. The number of hydrogen-bond acceptors (Lipinski definition) is 2. The lowest BCUT2D eigenvalue weighted by molar-refractivity contribution is -0.151. The molecule has 1 fully saturated rings. The van der Waals surface area contributed by atoms with Gasteiger partial charge in [-0.2, -0.15) is 0 Å². The van der Waals surface area contributed by atoms with Gasteiger partial charge in [0.05, 0.1) is 5.92 Å². The van der Waals surface area contributed by atoms with Crippen LogP contribution in [0.4, 0.5) is 0 Å². The van der Waals surface area contributed by atoms with E-state index < -0.39 is 0 Å². The van der Waals surface area contributed by atoms with E-state index in [9.17, 15) is 9.59 Å². The van der Waals surface area contributed by atoms with Crippen LogP contribution in [-0.2, 0) is 9.59 Å². The zero-order chi connectivity index (χ0) is 26.3. The van der Waals surface area contributed by atoms with Gasteiger partial charge in [-0.15, -0.1) is 0 Å². The Morgan fingerprint density at radius 1 is 0.800 bits per heavy atom. The molecule has 202 valence electrons. The summed E-state index contributed by atoms with van der Waals surface area (Å²) in [6.07, 6.45) is 14.6. The quantitative estimate of drug-likeness (QED) is 0.211. The van der Waals surface area contributed by atoms with Gasteiger partial charge in [-0.25, -0.2) is 0 Å². The van der Waals surface area contributed by atoms with Crippen molar-refractivity contribution in [2.24, 2.45) is 28.1 Å². The van der Waals surface area contributed by atoms with Gasteiger partial charge in [0.2, 0.25) is 11.8 Å². The summed E-state index contributed by atoms with van der Waals surface area (Å²) >= 11 is 0. The van der Waals surface area contributed by atoms with E-state index in [1.165, 1.54) is 0 Å². The van der Waals surface area contributed by atoms with Gasteiger partial charge < -0.3 is 9.80 Å². The van der Waals surface area contributed by atoms with Crippen LogP contribution in [-0.4, -0.2) is 47.8 Å². The second-order valence-corrected chi connectivity index (χ2v) is 12.3. The molecule has 0 aromatic carbocycles. The second kappa shape index (κ2) is 12.8. The molecule has 2 aliphatic carbocycles. The summed E-state index contributed by atoms with van der Waals surface area (Å²) in [6.45, 7) is 21.4. The highest BCUT2D eigenvalue weighted by Crippen LogP contribution is 2.72. The standard InChI is InChI=1S/C31H56N2O2/c1-9-13-19-32(20-14-10-2)27(34)23-26(28(35)33(21-15-11-3)22-16-12-4)31(8)25(5)29(6)17-18-30(31,7)24-29/h17-18,25-26H,9-16,19-24H2,1-8H3. The van der Waals surface area contributed by atoms with Gasteiger partial charge >= 0.3 is 0 Å². The molecule has 0 aromatic rings. The number of carbonyl (C=O) groups excluding carboxylic acids is 2. The van der Waals surface area contributed by atoms with Crippen LogP contribution in [0.1, 0.15) is 120 Å². The number of unbranched alkanes of at least 4 members (excludes halogenated alkanes) is 4. The number of nitrogens with zero attached hydrogens (tertiary/aromatic N) is 2. The number of allylic oxidation sites excluding steroid dienone is 2. The first-order valence-electron chi connectivity index (χ1n) is 14.8. The van der Waals surface area contributed by atoms with Crippen LogP contribution in [0.15, 0.2) is 12.2 Å². The van der Waals surface area contributed by atoms with Crippen LogP contribution < -0.4 is 0 Å². The number of fused-ring (bicyclic) bond motifs is 2. The third-order valence-corrected chi connectivity index (χ3v) is 9.89. The molecule has 2 rings (SSSR count). The fraction of sp³-hybridized carbons (Fsp3) is 0.871. The van der Waals surface area contributed by atoms with Gasteiger partial charge in [-0.3, -0.25) is 9.59 Å². The Bertz CT molecular complexity index is 717. The van der Waals surface area contributed by atoms with Crippen molar-refractivity contribution in [3.63, 3.8) is 0 Å². The predicted molar refractivity (Wildman–Crippen MR) is 148 cm³/mol. The van der Waals surface area contributed by atoms with Crippen molar-refractivity contribution >= 4 is 11.8 Å². The fourth-order valence-electron chi connectivity index (χ4n) is 7.00. The van der Waals surface area contributed by atoms with Gasteiger partial charge in [0.25, 0.3) is 0 Å². The molecule has 0 radical (unpaired) electrons. The molecule has 4 nitrogen and oxygen atoms in total. The maximum absolute atomic E-state index is 14.4. The molecule has 0 heterocycles. The first-order chi connectivity index (χ1) is 16.5. The molecule has 2 bridgehead atoms. The highest BCUT2D eigenvalue weighted by atomic mass is 16.2. The Morgan fingerprint density at radius 2 is 1.26 bits per heavy atom. The molecule has 5 unspecified atom stereocenters. The minimum absolute atomic E-state index is 0.0549. The summed E-state index contributed by atoms with van der Waals surface area (Å²) in [4.78, 5) is 32.5. The fourth-order valence-corrected chi connectivity index (χ4v) is 7.00. The maximum Gasteiger partial charge on any atom is 0.226 e. The average Bonchev–Trinajstić information content (AvgIpc) is 3.24. The van der Waals surface area contributed by atoms with E-state index in [4.69, 9.17) is 0 Å². The number of carbonyl (C=O) groups is 2. The van der Waals surface area contributed by atoms with Crippen molar-refractivity contribution in [3.05, 3.63) is 12.2 Å². The first-order valence-corrected chi connectivity index (χ1v) is 14.8. The third-order valence-electron chi connectivity index (χ3n) is 9.89. The van der Waals surface area contributed by atoms with Crippen LogP contribution >= 0.6 is 0 Å². The molecular formula is C31H56N2O2. The highest BCUT2D eigenvalue weighted by Gasteiger charge is 2.67. The van der Waals surface area contributed by atoms with Gasteiger partial charge in [0.1, 0.15) is 0 Å². The molecule has 2 aliphatic rings. The summed E-state index contributed by atoms with van der Waals surface area (Å²) in [6, 6.07) is 0. The Labute approximate surface area is 217 Å². The number of hydrogen-bond donors (Lipinski definition) is 0. The Hall–Kier alpha value is -1.32. The number of rotatable bonds is 16. The first kappa shape index (κ1) is 29.9. The van der Waals surface area contributed by atoms with Crippen LogP contribution in [0.5, 0.6) is 0 Å². The van der Waals surface area contributed by atoms with Crippen molar-refractivity contribution < 1.29 is 9.59 Å². The van der Waals surface area contributed by atoms with E-state index in [2.05, 4.69) is 77.3 Å². The minimum Gasteiger partial charge on any atom is -0.343 e. The van der Waals surface area contributed by atoms with Gasteiger partial charge in [0, 0.05) is 32.6 Å². The Balaban J connectivity index is 2.45. The zero-order valence-electron chi connectivity index (χ0n) is 24.4.